The molecule has 0 radical (unpaired) electrons. The number of amides is 1. The zero-order valence-corrected chi connectivity index (χ0v) is 8.66. The van der Waals surface area contributed by atoms with Crippen molar-refractivity contribution in [2.24, 2.45) is 0 Å². The van der Waals surface area contributed by atoms with Crippen LogP contribution in [-0.2, 0) is 0 Å². The van der Waals surface area contributed by atoms with Crippen LogP contribution in [0.15, 0.2) is 24.4 Å². The van der Waals surface area contributed by atoms with Crippen LogP contribution in [0.2, 0.25) is 0 Å². The van der Waals surface area contributed by atoms with Crippen LogP contribution in [0.25, 0.3) is 0 Å². The third-order valence-electron chi connectivity index (χ3n) is 1.79. The summed E-state index contributed by atoms with van der Waals surface area (Å²) in [6, 6.07) is 3.59. The van der Waals surface area contributed by atoms with E-state index in [1.54, 1.807) is 0 Å². The summed E-state index contributed by atoms with van der Waals surface area (Å²) in [5.41, 5.74) is 0.258. The van der Waals surface area contributed by atoms with Crippen molar-refractivity contribution in [3.05, 3.63) is 35.1 Å². The molecule has 0 saturated heterocycles. The van der Waals surface area contributed by atoms with Gasteiger partial charge in [0.05, 0.1) is 6.20 Å². The summed E-state index contributed by atoms with van der Waals surface area (Å²) in [6.07, 6.45) is 1.32. The molecule has 16 heavy (non-hydrogen) atoms. The summed E-state index contributed by atoms with van der Waals surface area (Å²) >= 11 is 0.941. The molecule has 1 amide bonds. The van der Waals surface area contributed by atoms with Crippen molar-refractivity contribution in [2.45, 2.75) is 0 Å². The van der Waals surface area contributed by atoms with Crippen molar-refractivity contribution in [3.8, 4) is 5.75 Å². The Balaban J connectivity index is 2.15. The number of nitrogens with zero attached hydrogens (tertiary/aromatic N) is 2. The van der Waals surface area contributed by atoms with Gasteiger partial charge in [0.25, 0.3) is 5.91 Å². The first-order chi connectivity index (χ1) is 7.66. The number of aromatic hydroxyl groups is 1. The molecule has 0 aliphatic rings. The summed E-state index contributed by atoms with van der Waals surface area (Å²) in [5, 5.41) is 14.9. The maximum atomic E-state index is 12.9. The Bertz CT molecular complexity index is 515. The largest absolute Gasteiger partial charge is 0.505 e. The Hall–Kier alpha value is -2.02. The van der Waals surface area contributed by atoms with Crippen molar-refractivity contribution < 1.29 is 14.3 Å². The smallest absolute Gasteiger partial charge is 0.269 e. The third kappa shape index (κ3) is 2.14. The van der Waals surface area contributed by atoms with Crippen LogP contribution in [0.4, 0.5) is 10.1 Å². The normalized spacial score (nSPS) is 10.1. The lowest BCUT2D eigenvalue weighted by molar-refractivity contribution is 0.103. The average molecular weight is 239 g/mol. The molecule has 2 N–H and O–H groups in total. The van der Waals surface area contributed by atoms with Gasteiger partial charge in [0.15, 0.2) is 11.6 Å². The molecule has 82 valence electrons. The number of aromatic nitrogens is 2. The van der Waals surface area contributed by atoms with Crippen LogP contribution in [0.1, 0.15) is 9.67 Å². The highest BCUT2D eigenvalue weighted by Crippen LogP contribution is 2.20. The first-order valence-electron chi connectivity index (χ1n) is 4.24. The predicted molar refractivity (Wildman–Crippen MR) is 55.9 cm³/mol. The minimum Gasteiger partial charge on any atom is -0.505 e. The molecule has 2 aromatic rings. The highest BCUT2D eigenvalue weighted by atomic mass is 32.1. The van der Waals surface area contributed by atoms with Crippen LogP contribution in [-0.4, -0.2) is 20.6 Å². The highest BCUT2D eigenvalue weighted by molar-refractivity contribution is 7.07. The quantitative estimate of drug-likeness (QED) is 0.781. The van der Waals surface area contributed by atoms with E-state index in [0.717, 1.165) is 23.7 Å². The molecule has 1 aromatic carbocycles. The van der Waals surface area contributed by atoms with E-state index in [-0.39, 0.29) is 5.69 Å². The molecule has 2 rings (SSSR count). The Morgan fingerprint density at radius 2 is 2.31 bits per heavy atom. The third-order valence-corrected chi connectivity index (χ3v) is 2.45. The number of benzene rings is 1. The second kappa shape index (κ2) is 4.23. The fraction of sp³-hybridized carbons (Fsp3) is 0. The van der Waals surface area contributed by atoms with Gasteiger partial charge in [0.1, 0.15) is 4.88 Å². The van der Waals surface area contributed by atoms with Crippen LogP contribution in [0.3, 0.4) is 0 Å². The monoisotopic (exact) mass is 239 g/mol. The molecule has 5 nitrogen and oxygen atoms in total. The predicted octanol–water partition coefficient (Wildman–Crippen LogP) is 1.64. The first-order valence-corrected chi connectivity index (χ1v) is 5.01. The van der Waals surface area contributed by atoms with Gasteiger partial charge in [0.2, 0.25) is 0 Å². The lowest BCUT2D eigenvalue weighted by atomic mass is 10.3. The SMILES string of the molecule is O=C(Nc1ccc(O)c(F)c1)c1cnns1. The van der Waals surface area contributed by atoms with Gasteiger partial charge in [-0.3, -0.25) is 4.79 Å². The maximum Gasteiger partial charge on any atom is 0.269 e. The van der Waals surface area contributed by atoms with E-state index in [4.69, 9.17) is 5.11 Å². The molecule has 0 aliphatic carbocycles. The number of phenolic OH excluding ortho intramolecular Hbond substituents is 1. The van der Waals surface area contributed by atoms with E-state index in [0.29, 0.717) is 4.88 Å². The van der Waals surface area contributed by atoms with Crippen LogP contribution in [0, 0.1) is 5.82 Å². The molecule has 0 atom stereocenters. The van der Waals surface area contributed by atoms with Gasteiger partial charge in [0, 0.05) is 11.8 Å². The Kier molecular flexibility index (Phi) is 2.78. The topological polar surface area (TPSA) is 75.1 Å². The van der Waals surface area contributed by atoms with Crippen LogP contribution in [0.5, 0.6) is 5.75 Å². The lowest BCUT2D eigenvalue weighted by Crippen LogP contribution is -2.10. The van der Waals surface area contributed by atoms with Crippen molar-refractivity contribution in [3.63, 3.8) is 0 Å². The molecular weight excluding hydrogens is 233 g/mol. The number of carbonyl (C=O) groups excluding carboxylic acids is 1. The van der Waals surface area contributed by atoms with Gasteiger partial charge >= 0.3 is 0 Å². The zero-order valence-electron chi connectivity index (χ0n) is 7.85. The Morgan fingerprint density at radius 3 is 2.94 bits per heavy atom. The summed E-state index contributed by atoms with van der Waals surface area (Å²) < 4.78 is 16.5. The molecule has 0 spiro atoms. The standard InChI is InChI=1S/C9H6FN3O2S/c10-6-3-5(1-2-7(6)14)12-9(15)8-4-11-13-16-8/h1-4,14H,(H,12,15). The minimum atomic E-state index is -0.791. The van der Waals surface area contributed by atoms with Crippen molar-refractivity contribution in [1.29, 1.82) is 0 Å². The van der Waals surface area contributed by atoms with Gasteiger partial charge < -0.3 is 10.4 Å². The van der Waals surface area contributed by atoms with Crippen molar-refractivity contribution in [1.82, 2.24) is 9.59 Å². The number of phenols is 1. The molecular formula is C9H6FN3O2S. The number of rotatable bonds is 2. The van der Waals surface area contributed by atoms with Gasteiger partial charge in [-0.05, 0) is 23.7 Å². The molecule has 0 aliphatic heterocycles. The van der Waals surface area contributed by atoms with Crippen molar-refractivity contribution >= 4 is 23.1 Å². The summed E-state index contributed by atoms with van der Waals surface area (Å²) in [4.78, 5) is 11.8. The number of hydrogen-bond donors (Lipinski definition) is 2. The molecule has 0 fully saturated rings. The van der Waals surface area contributed by atoms with Crippen LogP contribution < -0.4 is 5.32 Å². The summed E-state index contributed by atoms with van der Waals surface area (Å²) in [7, 11) is 0. The number of halogens is 1. The molecule has 7 heteroatoms. The number of hydrogen-bond acceptors (Lipinski definition) is 5. The fourth-order valence-corrected chi connectivity index (χ4v) is 1.46. The maximum absolute atomic E-state index is 12.9. The molecule has 1 aromatic heterocycles. The zero-order chi connectivity index (χ0) is 11.5. The van der Waals surface area contributed by atoms with E-state index < -0.39 is 17.5 Å². The number of anilines is 1. The molecule has 0 saturated carbocycles. The van der Waals surface area contributed by atoms with E-state index in [1.165, 1.54) is 12.3 Å². The van der Waals surface area contributed by atoms with E-state index >= 15 is 0 Å². The van der Waals surface area contributed by atoms with Gasteiger partial charge in [-0.1, -0.05) is 4.49 Å². The number of carbonyl (C=O) groups is 1. The molecule has 0 bridgehead atoms. The second-order valence-corrected chi connectivity index (χ2v) is 3.69. The lowest BCUT2D eigenvalue weighted by Gasteiger charge is -2.03. The number of nitrogens with one attached hydrogen (secondary N) is 1. The summed E-state index contributed by atoms with van der Waals surface area (Å²) in [6.45, 7) is 0. The van der Waals surface area contributed by atoms with Gasteiger partial charge in [-0.15, -0.1) is 5.10 Å². The first kappa shape index (κ1) is 10.5. The second-order valence-electron chi connectivity index (χ2n) is 2.90. The fourth-order valence-electron chi connectivity index (χ4n) is 1.04. The minimum absolute atomic E-state index is 0.258. The van der Waals surface area contributed by atoms with E-state index in [9.17, 15) is 9.18 Å². The average Bonchev–Trinajstić information content (AvgIpc) is 2.77. The summed E-state index contributed by atoms with van der Waals surface area (Å²) in [5.74, 6) is -1.67. The van der Waals surface area contributed by atoms with E-state index in [1.807, 2.05) is 0 Å². The highest BCUT2D eigenvalue weighted by Gasteiger charge is 2.09. The molecule has 0 unspecified atom stereocenters. The van der Waals surface area contributed by atoms with Crippen molar-refractivity contribution in [2.75, 3.05) is 5.32 Å². The molecule has 1 heterocycles. The van der Waals surface area contributed by atoms with Gasteiger partial charge in [-0.25, -0.2) is 4.39 Å². The Morgan fingerprint density at radius 1 is 1.50 bits per heavy atom. The van der Waals surface area contributed by atoms with Crippen LogP contribution >= 0.6 is 11.5 Å². The van der Waals surface area contributed by atoms with E-state index in [2.05, 4.69) is 14.9 Å². The Labute approximate surface area is 93.7 Å². The van der Waals surface area contributed by atoms with Gasteiger partial charge in [-0.2, -0.15) is 0 Å².